The maximum Gasteiger partial charge on any atom is 0.321 e. The summed E-state index contributed by atoms with van der Waals surface area (Å²) in [5, 5.41) is 3.05. The minimum absolute atomic E-state index is 0.179. The Labute approximate surface area is 116 Å². The van der Waals surface area contributed by atoms with Gasteiger partial charge in [0.15, 0.2) is 0 Å². The average molecular weight is 283 g/mol. The summed E-state index contributed by atoms with van der Waals surface area (Å²) in [4.78, 5) is 14.0. The van der Waals surface area contributed by atoms with E-state index in [4.69, 9.17) is 11.6 Å². The van der Waals surface area contributed by atoms with Crippen LogP contribution in [0.5, 0.6) is 0 Å². The van der Waals surface area contributed by atoms with Crippen LogP contribution in [0.15, 0.2) is 18.2 Å². The maximum atomic E-state index is 13.1. The Balaban J connectivity index is 1.67. The first kappa shape index (κ1) is 12.7. The highest BCUT2D eigenvalue weighted by molar-refractivity contribution is 6.33. The number of benzene rings is 1. The molecule has 0 aromatic heterocycles. The first-order valence-electron chi connectivity index (χ1n) is 6.64. The zero-order chi connectivity index (χ0) is 13.4. The van der Waals surface area contributed by atoms with E-state index in [9.17, 15) is 9.18 Å². The summed E-state index contributed by atoms with van der Waals surface area (Å²) in [6.07, 6.45) is 3.71. The standard InChI is InChI=1S/C14H16ClFN2O/c15-12-5-4-11(16)6-13(12)17-14(19)18-7-9-2-1-3-10(9)8-18/h4-6,9-10H,1-3,7-8H2,(H,17,19). The number of urea groups is 1. The second kappa shape index (κ2) is 5.00. The van der Waals surface area contributed by atoms with Gasteiger partial charge in [-0.05, 0) is 42.9 Å². The van der Waals surface area contributed by atoms with Crippen LogP contribution in [0.2, 0.25) is 5.02 Å². The lowest BCUT2D eigenvalue weighted by atomic mass is 10.0. The fourth-order valence-corrected chi connectivity index (χ4v) is 3.35. The number of anilines is 1. The fraction of sp³-hybridized carbons (Fsp3) is 0.500. The summed E-state index contributed by atoms with van der Waals surface area (Å²) in [6.45, 7) is 1.62. The number of hydrogen-bond donors (Lipinski definition) is 1. The SMILES string of the molecule is O=C(Nc1cc(F)ccc1Cl)N1CC2CCCC2C1. The number of nitrogens with one attached hydrogen (secondary N) is 1. The van der Waals surface area contributed by atoms with E-state index in [-0.39, 0.29) is 6.03 Å². The minimum atomic E-state index is -0.405. The number of carbonyl (C=O) groups is 1. The van der Waals surface area contributed by atoms with Crippen LogP contribution in [-0.4, -0.2) is 24.0 Å². The van der Waals surface area contributed by atoms with Gasteiger partial charge in [0.1, 0.15) is 5.82 Å². The van der Waals surface area contributed by atoms with Crippen LogP contribution in [0.1, 0.15) is 19.3 Å². The number of rotatable bonds is 1. The van der Waals surface area contributed by atoms with E-state index in [1.54, 1.807) is 0 Å². The van der Waals surface area contributed by atoms with Crippen molar-refractivity contribution in [2.45, 2.75) is 19.3 Å². The zero-order valence-electron chi connectivity index (χ0n) is 10.5. The van der Waals surface area contributed by atoms with Crippen LogP contribution in [0, 0.1) is 17.7 Å². The highest BCUT2D eigenvalue weighted by Crippen LogP contribution is 2.38. The number of amides is 2. The molecule has 3 rings (SSSR count). The van der Waals surface area contributed by atoms with Gasteiger partial charge in [0.05, 0.1) is 10.7 Å². The number of likely N-dealkylation sites (tertiary alicyclic amines) is 1. The molecule has 1 saturated carbocycles. The smallest absolute Gasteiger partial charge is 0.321 e. The third-order valence-electron chi connectivity index (χ3n) is 4.18. The van der Waals surface area contributed by atoms with Gasteiger partial charge in [-0.1, -0.05) is 18.0 Å². The van der Waals surface area contributed by atoms with Gasteiger partial charge in [0, 0.05) is 13.1 Å². The van der Waals surface area contributed by atoms with Crippen LogP contribution in [0.3, 0.4) is 0 Å². The monoisotopic (exact) mass is 282 g/mol. The van der Waals surface area contributed by atoms with Gasteiger partial charge in [-0.3, -0.25) is 0 Å². The molecule has 3 nitrogen and oxygen atoms in total. The Morgan fingerprint density at radius 3 is 2.68 bits per heavy atom. The predicted molar refractivity (Wildman–Crippen MR) is 72.8 cm³/mol. The number of halogens is 2. The molecular formula is C14H16ClFN2O. The van der Waals surface area contributed by atoms with Crippen LogP contribution in [0.25, 0.3) is 0 Å². The number of nitrogens with zero attached hydrogens (tertiary/aromatic N) is 1. The molecule has 1 heterocycles. The number of hydrogen-bond acceptors (Lipinski definition) is 1. The Bertz CT molecular complexity index is 496. The van der Waals surface area contributed by atoms with Gasteiger partial charge in [-0.15, -0.1) is 0 Å². The summed E-state index contributed by atoms with van der Waals surface area (Å²) >= 11 is 5.94. The van der Waals surface area contributed by atoms with Crippen LogP contribution in [-0.2, 0) is 0 Å². The Morgan fingerprint density at radius 1 is 1.32 bits per heavy atom. The van der Waals surface area contributed by atoms with Crippen LogP contribution < -0.4 is 5.32 Å². The molecular weight excluding hydrogens is 267 g/mol. The van der Waals surface area contributed by atoms with Crippen molar-refractivity contribution in [1.29, 1.82) is 0 Å². The lowest BCUT2D eigenvalue weighted by Gasteiger charge is -2.18. The van der Waals surface area contributed by atoms with E-state index >= 15 is 0 Å². The van der Waals surface area contributed by atoms with Gasteiger partial charge >= 0.3 is 6.03 Å². The Morgan fingerprint density at radius 2 is 2.00 bits per heavy atom. The molecule has 2 atom stereocenters. The molecule has 2 amide bonds. The molecule has 1 aromatic rings. The summed E-state index contributed by atoms with van der Waals surface area (Å²) in [5.41, 5.74) is 0.337. The van der Waals surface area contributed by atoms with Crippen molar-refractivity contribution in [3.8, 4) is 0 Å². The van der Waals surface area contributed by atoms with Crippen molar-refractivity contribution in [3.05, 3.63) is 29.0 Å². The quantitative estimate of drug-likeness (QED) is 0.836. The van der Waals surface area contributed by atoms with Crippen LogP contribution in [0.4, 0.5) is 14.9 Å². The molecule has 2 unspecified atom stereocenters. The van der Waals surface area contributed by atoms with Crippen molar-refractivity contribution in [1.82, 2.24) is 4.90 Å². The summed E-state index contributed by atoms with van der Waals surface area (Å²) in [6, 6.07) is 3.79. The van der Waals surface area contributed by atoms with E-state index in [0.717, 1.165) is 13.1 Å². The molecule has 1 aliphatic carbocycles. The molecule has 0 radical (unpaired) electrons. The highest BCUT2D eigenvalue weighted by atomic mass is 35.5. The first-order valence-corrected chi connectivity index (χ1v) is 7.02. The molecule has 0 bridgehead atoms. The molecule has 102 valence electrons. The topological polar surface area (TPSA) is 32.3 Å². The van der Waals surface area contributed by atoms with Crippen molar-refractivity contribution in [2.24, 2.45) is 11.8 Å². The highest BCUT2D eigenvalue weighted by Gasteiger charge is 2.38. The first-order chi connectivity index (χ1) is 9.13. The summed E-state index contributed by atoms with van der Waals surface area (Å²) in [5.74, 6) is 0.889. The molecule has 2 fully saturated rings. The van der Waals surface area contributed by atoms with Gasteiger partial charge < -0.3 is 10.2 Å². The second-order valence-corrected chi connectivity index (χ2v) is 5.82. The third kappa shape index (κ3) is 2.54. The fourth-order valence-electron chi connectivity index (χ4n) is 3.19. The minimum Gasteiger partial charge on any atom is -0.324 e. The Hall–Kier alpha value is -1.29. The largest absolute Gasteiger partial charge is 0.324 e. The normalized spacial score (nSPS) is 25.5. The average Bonchev–Trinajstić information content (AvgIpc) is 2.94. The predicted octanol–water partition coefficient (Wildman–Crippen LogP) is 3.74. The van der Waals surface area contributed by atoms with E-state index in [1.165, 1.54) is 37.5 Å². The van der Waals surface area contributed by atoms with Crippen molar-refractivity contribution in [2.75, 3.05) is 18.4 Å². The molecule has 19 heavy (non-hydrogen) atoms. The third-order valence-corrected chi connectivity index (χ3v) is 4.51. The molecule has 1 N–H and O–H groups in total. The maximum absolute atomic E-state index is 13.1. The van der Waals surface area contributed by atoms with Crippen molar-refractivity contribution < 1.29 is 9.18 Å². The molecule has 1 aliphatic heterocycles. The van der Waals surface area contributed by atoms with Crippen LogP contribution >= 0.6 is 11.6 Å². The van der Waals surface area contributed by atoms with Crippen molar-refractivity contribution >= 4 is 23.3 Å². The van der Waals surface area contributed by atoms with Gasteiger partial charge in [0.2, 0.25) is 0 Å². The molecule has 1 saturated heterocycles. The zero-order valence-corrected chi connectivity index (χ0v) is 11.3. The lowest BCUT2D eigenvalue weighted by molar-refractivity contribution is 0.219. The molecule has 2 aliphatic rings. The Kier molecular flexibility index (Phi) is 3.35. The van der Waals surface area contributed by atoms with E-state index in [2.05, 4.69) is 5.32 Å². The summed E-state index contributed by atoms with van der Waals surface area (Å²) < 4.78 is 13.1. The van der Waals surface area contributed by atoms with Gasteiger partial charge in [-0.2, -0.15) is 0 Å². The summed E-state index contributed by atoms with van der Waals surface area (Å²) in [7, 11) is 0. The molecule has 1 aromatic carbocycles. The molecule has 5 heteroatoms. The van der Waals surface area contributed by atoms with Crippen molar-refractivity contribution in [3.63, 3.8) is 0 Å². The second-order valence-electron chi connectivity index (χ2n) is 5.41. The lowest BCUT2D eigenvalue weighted by Crippen LogP contribution is -2.33. The van der Waals surface area contributed by atoms with Gasteiger partial charge in [0.25, 0.3) is 0 Å². The van der Waals surface area contributed by atoms with E-state index < -0.39 is 5.82 Å². The molecule has 0 spiro atoms. The van der Waals surface area contributed by atoms with E-state index in [0.29, 0.717) is 22.5 Å². The van der Waals surface area contributed by atoms with E-state index in [1.807, 2.05) is 4.90 Å². The van der Waals surface area contributed by atoms with Gasteiger partial charge in [-0.25, -0.2) is 9.18 Å². The number of carbonyl (C=O) groups excluding carboxylic acids is 1. The number of fused-ring (bicyclic) bond motifs is 1.